The monoisotopic (exact) mass is 243 g/mol. The van der Waals surface area contributed by atoms with E-state index in [1.807, 2.05) is 19.6 Å². The Labute approximate surface area is 109 Å². The summed E-state index contributed by atoms with van der Waals surface area (Å²) in [6.07, 6.45) is 3.85. The normalized spacial score (nSPS) is 11.8. The van der Waals surface area contributed by atoms with Gasteiger partial charge in [-0.2, -0.15) is 0 Å². The van der Waals surface area contributed by atoms with Crippen LogP contribution < -0.4 is 5.32 Å². The third-order valence-electron chi connectivity index (χ3n) is 3.02. The van der Waals surface area contributed by atoms with Crippen molar-refractivity contribution in [2.45, 2.75) is 32.9 Å². The molecule has 18 heavy (non-hydrogen) atoms. The largest absolute Gasteiger partial charge is 0.325 e. The summed E-state index contributed by atoms with van der Waals surface area (Å²) >= 11 is 0. The molecule has 1 aromatic carbocycles. The van der Waals surface area contributed by atoms with Crippen molar-refractivity contribution in [3.63, 3.8) is 0 Å². The highest BCUT2D eigenvalue weighted by atomic mass is 15.1. The van der Waals surface area contributed by atoms with E-state index in [0.29, 0.717) is 0 Å². The van der Waals surface area contributed by atoms with E-state index in [4.69, 9.17) is 0 Å². The van der Waals surface area contributed by atoms with Gasteiger partial charge in [-0.15, -0.1) is 0 Å². The fourth-order valence-electron chi connectivity index (χ4n) is 2.14. The number of hydrogen-bond acceptors (Lipinski definition) is 2. The summed E-state index contributed by atoms with van der Waals surface area (Å²) in [5, 5.41) is 3.21. The first-order chi connectivity index (χ1) is 8.54. The molecule has 0 amide bonds. The third-order valence-corrected chi connectivity index (χ3v) is 3.02. The zero-order valence-corrected chi connectivity index (χ0v) is 11.6. The number of benzene rings is 1. The van der Waals surface area contributed by atoms with E-state index in [2.05, 4.69) is 59.9 Å². The summed E-state index contributed by atoms with van der Waals surface area (Å²) in [5.41, 5.74) is 3.76. The second kappa shape index (κ2) is 4.94. The number of rotatable bonds is 3. The van der Waals surface area contributed by atoms with E-state index >= 15 is 0 Å². The van der Waals surface area contributed by atoms with Gasteiger partial charge in [-0.3, -0.25) is 0 Å². The van der Waals surface area contributed by atoms with Crippen molar-refractivity contribution in [1.82, 2.24) is 14.9 Å². The van der Waals surface area contributed by atoms with Crippen LogP contribution in [-0.4, -0.2) is 16.6 Å². The predicted octanol–water partition coefficient (Wildman–Crippen LogP) is 3.02. The molecule has 2 aromatic rings. The van der Waals surface area contributed by atoms with Crippen molar-refractivity contribution in [3.05, 3.63) is 42.4 Å². The van der Waals surface area contributed by atoms with E-state index < -0.39 is 0 Å². The lowest BCUT2D eigenvalue weighted by Gasteiger charge is -2.24. The fraction of sp³-hybridized carbons (Fsp3) is 0.400. The molecule has 0 spiro atoms. The zero-order chi connectivity index (χ0) is 13.2. The summed E-state index contributed by atoms with van der Waals surface area (Å²) in [7, 11) is 1.97. The quantitative estimate of drug-likeness (QED) is 0.898. The zero-order valence-electron chi connectivity index (χ0n) is 11.6. The van der Waals surface area contributed by atoms with Crippen LogP contribution in [0.4, 0.5) is 0 Å². The molecule has 96 valence electrons. The molecule has 3 heteroatoms. The van der Waals surface area contributed by atoms with Crippen LogP contribution in [0.25, 0.3) is 11.3 Å². The Kier molecular flexibility index (Phi) is 3.53. The SMILES string of the molecule is CNCc1ccccc1-c1cncn1C(C)(C)C. The van der Waals surface area contributed by atoms with Crippen molar-refractivity contribution in [3.8, 4) is 11.3 Å². The fourth-order valence-corrected chi connectivity index (χ4v) is 2.14. The van der Waals surface area contributed by atoms with Gasteiger partial charge in [0.05, 0.1) is 18.2 Å². The molecule has 1 heterocycles. The smallest absolute Gasteiger partial charge is 0.0955 e. The lowest BCUT2D eigenvalue weighted by Crippen LogP contribution is -2.22. The summed E-state index contributed by atoms with van der Waals surface area (Å²) in [4.78, 5) is 4.31. The lowest BCUT2D eigenvalue weighted by molar-refractivity contribution is 0.400. The van der Waals surface area contributed by atoms with Crippen LogP contribution in [0.1, 0.15) is 26.3 Å². The minimum absolute atomic E-state index is 0.0403. The molecule has 1 N–H and O–H groups in total. The summed E-state index contributed by atoms with van der Waals surface area (Å²) in [6, 6.07) is 8.47. The topological polar surface area (TPSA) is 29.9 Å². The van der Waals surface area contributed by atoms with Crippen LogP contribution in [0, 0.1) is 0 Å². The summed E-state index contributed by atoms with van der Waals surface area (Å²) in [5.74, 6) is 0. The molecule has 0 atom stereocenters. The Bertz CT molecular complexity index is 521. The van der Waals surface area contributed by atoms with Crippen LogP contribution in [0.5, 0.6) is 0 Å². The predicted molar refractivity (Wildman–Crippen MR) is 75.4 cm³/mol. The van der Waals surface area contributed by atoms with E-state index in [1.165, 1.54) is 16.8 Å². The van der Waals surface area contributed by atoms with Gasteiger partial charge in [-0.25, -0.2) is 4.98 Å². The average Bonchev–Trinajstić information content (AvgIpc) is 2.78. The maximum Gasteiger partial charge on any atom is 0.0955 e. The summed E-state index contributed by atoms with van der Waals surface area (Å²) < 4.78 is 2.22. The second-order valence-electron chi connectivity index (χ2n) is 5.51. The van der Waals surface area contributed by atoms with Crippen molar-refractivity contribution in [1.29, 1.82) is 0 Å². The molecule has 0 unspecified atom stereocenters. The number of aromatic nitrogens is 2. The maximum atomic E-state index is 4.31. The molecule has 0 fully saturated rings. The van der Waals surface area contributed by atoms with E-state index in [0.717, 1.165) is 6.54 Å². The molecule has 1 aromatic heterocycles. The molecule has 2 rings (SSSR count). The highest BCUT2D eigenvalue weighted by Crippen LogP contribution is 2.28. The molecule has 3 nitrogen and oxygen atoms in total. The molecule has 0 aliphatic heterocycles. The number of hydrogen-bond donors (Lipinski definition) is 1. The van der Waals surface area contributed by atoms with Crippen LogP contribution in [-0.2, 0) is 12.1 Å². The van der Waals surface area contributed by atoms with Crippen molar-refractivity contribution < 1.29 is 0 Å². The van der Waals surface area contributed by atoms with Gasteiger partial charge < -0.3 is 9.88 Å². The average molecular weight is 243 g/mol. The summed E-state index contributed by atoms with van der Waals surface area (Å²) in [6.45, 7) is 7.45. The molecule has 0 radical (unpaired) electrons. The van der Waals surface area contributed by atoms with Crippen molar-refractivity contribution >= 4 is 0 Å². The third kappa shape index (κ3) is 2.46. The molecule has 0 aliphatic carbocycles. The minimum atomic E-state index is 0.0403. The molecule has 0 saturated carbocycles. The van der Waals surface area contributed by atoms with E-state index in [1.54, 1.807) is 0 Å². The van der Waals surface area contributed by atoms with Gasteiger partial charge in [0, 0.05) is 17.6 Å². The van der Waals surface area contributed by atoms with Gasteiger partial charge in [0.25, 0.3) is 0 Å². The maximum absolute atomic E-state index is 4.31. The van der Waals surface area contributed by atoms with Gasteiger partial charge in [0.1, 0.15) is 0 Å². The molecule has 0 bridgehead atoms. The van der Waals surface area contributed by atoms with Gasteiger partial charge in [0.15, 0.2) is 0 Å². The van der Waals surface area contributed by atoms with Gasteiger partial charge in [-0.05, 0) is 33.4 Å². The van der Waals surface area contributed by atoms with E-state index in [9.17, 15) is 0 Å². The van der Waals surface area contributed by atoms with Gasteiger partial charge in [0.2, 0.25) is 0 Å². The second-order valence-corrected chi connectivity index (χ2v) is 5.51. The molecule has 0 aliphatic rings. The number of nitrogens with zero attached hydrogens (tertiary/aromatic N) is 2. The Morgan fingerprint density at radius 2 is 1.94 bits per heavy atom. The highest BCUT2D eigenvalue weighted by molar-refractivity contribution is 5.63. The van der Waals surface area contributed by atoms with Crippen LogP contribution in [0.15, 0.2) is 36.8 Å². The molecular weight excluding hydrogens is 222 g/mol. The van der Waals surface area contributed by atoms with Crippen molar-refractivity contribution in [2.75, 3.05) is 7.05 Å². The Balaban J connectivity index is 2.53. The Morgan fingerprint density at radius 1 is 1.22 bits per heavy atom. The van der Waals surface area contributed by atoms with E-state index in [-0.39, 0.29) is 5.54 Å². The van der Waals surface area contributed by atoms with Gasteiger partial charge in [-0.1, -0.05) is 24.3 Å². The van der Waals surface area contributed by atoms with Crippen LogP contribution >= 0.6 is 0 Å². The minimum Gasteiger partial charge on any atom is -0.325 e. The van der Waals surface area contributed by atoms with Crippen LogP contribution in [0.2, 0.25) is 0 Å². The van der Waals surface area contributed by atoms with Crippen LogP contribution in [0.3, 0.4) is 0 Å². The van der Waals surface area contributed by atoms with Crippen molar-refractivity contribution in [2.24, 2.45) is 0 Å². The Hall–Kier alpha value is -1.61. The van der Waals surface area contributed by atoms with Gasteiger partial charge >= 0.3 is 0 Å². The number of nitrogens with one attached hydrogen (secondary N) is 1. The first-order valence-electron chi connectivity index (χ1n) is 6.29. The Morgan fingerprint density at radius 3 is 2.61 bits per heavy atom. The standard InChI is InChI=1S/C15H21N3/c1-15(2,3)18-11-17-10-14(18)13-8-6-5-7-12(13)9-16-4/h5-8,10-11,16H,9H2,1-4H3. The number of imidazole rings is 1. The first kappa shape index (κ1) is 12.8. The first-order valence-corrected chi connectivity index (χ1v) is 6.29. The lowest BCUT2D eigenvalue weighted by atomic mass is 10.0. The molecular formula is C15H21N3. The highest BCUT2D eigenvalue weighted by Gasteiger charge is 2.18. The molecule has 0 saturated heterocycles.